The van der Waals surface area contributed by atoms with Gasteiger partial charge in [0, 0.05) is 43.3 Å². The lowest BCUT2D eigenvalue weighted by Gasteiger charge is -2.36. The summed E-state index contributed by atoms with van der Waals surface area (Å²) in [6.45, 7) is 9.91. The van der Waals surface area contributed by atoms with E-state index in [0.29, 0.717) is 12.1 Å². The first-order valence-corrected chi connectivity index (χ1v) is 9.59. The van der Waals surface area contributed by atoms with E-state index in [1.807, 2.05) is 16.0 Å². The fourth-order valence-corrected chi connectivity index (χ4v) is 3.99. The van der Waals surface area contributed by atoms with Gasteiger partial charge in [0.25, 0.3) is 0 Å². The molecule has 1 atom stereocenters. The maximum Gasteiger partial charge on any atom is 0.0764 e. The van der Waals surface area contributed by atoms with Crippen molar-refractivity contribution in [2.24, 2.45) is 0 Å². The SMILES string of the molecule is CC(C)n1ccc(CN(C)C[C@@H](c2cccs2)N2CCOCC2)n1. The number of ether oxygens (including phenoxy) is 1. The minimum atomic E-state index is 0.413. The number of likely N-dealkylation sites (N-methyl/N-ethyl adjacent to an activating group) is 1. The van der Waals surface area contributed by atoms with Gasteiger partial charge in [-0.2, -0.15) is 5.10 Å². The van der Waals surface area contributed by atoms with Crippen molar-refractivity contribution >= 4 is 11.3 Å². The molecule has 0 bridgehead atoms. The van der Waals surface area contributed by atoms with Crippen LogP contribution in [0, 0.1) is 0 Å². The van der Waals surface area contributed by atoms with Crippen molar-refractivity contribution in [3.05, 3.63) is 40.3 Å². The number of morpholine rings is 1. The fraction of sp³-hybridized carbons (Fsp3) is 0.611. The van der Waals surface area contributed by atoms with Gasteiger partial charge in [0.05, 0.1) is 24.9 Å². The number of hydrogen-bond acceptors (Lipinski definition) is 5. The molecule has 2 aromatic heterocycles. The average molecular weight is 349 g/mol. The zero-order valence-electron chi connectivity index (χ0n) is 14.9. The molecule has 0 aromatic carbocycles. The van der Waals surface area contributed by atoms with Gasteiger partial charge >= 0.3 is 0 Å². The van der Waals surface area contributed by atoms with Gasteiger partial charge in [0.15, 0.2) is 0 Å². The van der Waals surface area contributed by atoms with Crippen LogP contribution >= 0.6 is 11.3 Å². The molecule has 0 aliphatic carbocycles. The topological polar surface area (TPSA) is 33.5 Å². The van der Waals surface area contributed by atoms with Crippen molar-refractivity contribution in [3.8, 4) is 0 Å². The van der Waals surface area contributed by atoms with Gasteiger partial charge in [-0.05, 0) is 38.4 Å². The Morgan fingerprint density at radius 3 is 2.71 bits per heavy atom. The molecule has 0 radical (unpaired) electrons. The molecular weight excluding hydrogens is 320 g/mol. The Balaban J connectivity index is 1.64. The molecule has 0 N–H and O–H groups in total. The van der Waals surface area contributed by atoms with Crippen molar-refractivity contribution in [1.82, 2.24) is 19.6 Å². The molecule has 0 spiro atoms. The van der Waals surface area contributed by atoms with E-state index in [9.17, 15) is 0 Å². The Morgan fingerprint density at radius 2 is 2.08 bits per heavy atom. The van der Waals surface area contributed by atoms with Crippen LogP contribution in [0.5, 0.6) is 0 Å². The van der Waals surface area contributed by atoms with Gasteiger partial charge in [-0.25, -0.2) is 0 Å². The van der Waals surface area contributed by atoms with Crippen LogP contribution in [-0.2, 0) is 11.3 Å². The number of aromatic nitrogens is 2. The molecule has 0 amide bonds. The lowest BCUT2D eigenvalue weighted by Crippen LogP contribution is -2.42. The molecule has 2 aromatic rings. The summed E-state index contributed by atoms with van der Waals surface area (Å²) in [4.78, 5) is 6.38. The molecule has 3 heterocycles. The second kappa shape index (κ2) is 8.25. The minimum Gasteiger partial charge on any atom is -0.379 e. The van der Waals surface area contributed by atoms with E-state index in [1.165, 1.54) is 4.88 Å². The van der Waals surface area contributed by atoms with Crippen LogP contribution in [0.4, 0.5) is 0 Å². The first kappa shape index (κ1) is 17.6. The number of nitrogens with zero attached hydrogens (tertiary/aromatic N) is 4. The molecule has 1 aliphatic rings. The fourth-order valence-electron chi connectivity index (χ4n) is 3.14. The zero-order chi connectivity index (χ0) is 16.9. The smallest absolute Gasteiger partial charge is 0.0764 e. The predicted molar refractivity (Wildman–Crippen MR) is 98.4 cm³/mol. The number of hydrogen-bond donors (Lipinski definition) is 0. The maximum atomic E-state index is 5.53. The van der Waals surface area contributed by atoms with Crippen molar-refractivity contribution < 1.29 is 4.74 Å². The lowest BCUT2D eigenvalue weighted by molar-refractivity contribution is 0.00956. The van der Waals surface area contributed by atoms with Gasteiger partial charge in [0.1, 0.15) is 0 Å². The summed E-state index contributed by atoms with van der Waals surface area (Å²) >= 11 is 1.85. The quantitative estimate of drug-likeness (QED) is 0.770. The normalized spacial score (nSPS) is 17.7. The van der Waals surface area contributed by atoms with Crippen LogP contribution in [0.3, 0.4) is 0 Å². The van der Waals surface area contributed by atoms with Crippen LogP contribution in [0.2, 0.25) is 0 Å². The molecule has 132 valence electrons. The van der Waals surface area contributed by atoms with Crippen LogP contribution < -0.4 is 0 Å². The molecule has 0 unspecified atom stereocenters. The van der Waals surface area contributed by atoms with Gasteiger partial charge in [0.2, 0.25) is 0 Å². The molecule has 24 heavy (non-hydrogen) atoms. The van der Waals surface area contributed by atoms with E-state index in [1.54, 1.807) is 0 Å². The van der Waals surface area contributed by atoms with Crippen LogP contribution in [0.1, 0.15) is 36.5 Å². The Morgan fingerprint density at radius 1 is 1.29 bits per heavy atom. The largest absolute Gasteiger partial charge is 0.379 e. The van der Waals surface area contributed by atoms with E-state index in [4.69, 9.17) is 4.74 Å². The number of thiophene rings is 1. The van der Waals surface area contributed by atoms with Gasteiger partial charge in [-0.15, -0.1) is 11.3 Å². The molecule has 6 heteroatoms. The summed E-state index contributed by atoms with van der Waals surface area (Å²) in [5, 5.41) is 6.85. The van der Waals surface area contributed by atoms with E-state index in [-0.39, 0.29) is 0 Å². The molecule has 3 rings (SSSR count). The molecular formula is C18H28N4OS. The first-order chi connectivity index (χ1) is 11.6. The third-order valence-corrected chi connectivity index (χ3v) is 5.44. The third kappa shape index (κ3) is 4.45. The highest BCUT2D eigenvalue weighted by Crippen LogP contribution is 2.27. The second-order valence-corrected chi connectivity index (χ2v) is 7.74. The lowest BCUT2D eigenvalue weighted by atomic mass is 10.1. The summed E-state index contributed by atoms with van der Waals surface area (Å²) in [5.41, 5.74) is 1.14. The highest BCUT2D eigenvalue weighted by atomic mass is 32.1. The van der Waals surface area contributed by atoms with Crippen LogP contribution in [0.15, 0.2) is 29.8 Å². The van der Waals surface area contributed by atoms with Gasteiger partial charge in [-0.1, -0.05) is 6.07 Å². The summed E-state index contributed by atoms with van der Waals surface area (Å²) in [6, 6.07) is 7.39. The van der Waals surface area contributed by atoms with E-state index < -0.39 is 0 Å². The van der Waals surface area contributed by atoms with Crippen LogP contribution in [-0.4, -0.2) is 59.5 Å². The van der Waals surface area contributed by atoms with Crippen molar-refractivity contribution in [1.29, 1.82) is 0 Å². The predicted octanol–water partition coefficient (Wildman–Crippen LogP) is 3.03. The zero-order valence-corrected chi connectivity index (χ0v) is 15.7. The van der Waals surface area contributed by atoms with E-state index in [0.717, 1.165) is 45.1 Å². The van der Waals surface area contributed by atoms with E-state index >= 15 is 0 Å². The second-order valence-electron chi connectivity index (χ2n) is 6.76. The Hall–Kier alpha value is -1.21. The standard InChI is InChI=1S/C18H28N4OS/c1-15(2)22-7-6-16(19-22)13-20(3)14-17(18-5-4-12-24-18)21-8-10-23-11-9-21/h4-7,12,15,17H,8-11,13-14H2,1-3H3/t17-/m0/s1. The highest BCUT2D eigenvalue weighted by molar-refractivity contribution is 7.10. The van der Waals surface area contributed by atoms with Crippen molar-refractivity contribution in [2.45, 2.75) is 32.5 Å². The highest BCUT2D eigenvalue weighted by Gasteiger charge is 2.24. The number of rotatable bonds is 7. The maximum absolute atomic E-state index is 5.53. The Labute approximate surface area is 148 Å². The summed E-state index contributed by atoms with van der Waals surface area (Å²) in [5.74, 6) is 0. The van der Waals surface area contributed by atoms with Crippen LogP contribution in [0.25, 0.3) is 0 Å². The van der Waals surface area contributed by atoms with E-state index in [2.05, 4.69) is 65.6 Å². The Bertz CT molecular complexity index is 604. The van der Waals surface area contributed by atoms with Crippen molar-refractivity contribution in [2.75, 3.05) is 39.9 Å². The summed E-state index contributed by atoms with van der Waals surface area (Å²) in [6.07, 6.45) is 2.08. The Kier molecular flexibility index (Phi) is 6.05. The molecule has 1 fully saturated rings. The molecule has 0 saturated carbocycles. The van der Waals surface area contributed by atoms with Gasteiger partial charge < -0.3 is 4.74 Å². The molecule has 5 nitrogen and oxygen atoms in total. The molecule has 1 saturated heterocycles. The van der Waals surface area contributed by atoms with Gasteiger partial charge in [-0.3, -0.25) is 14.5 Å². The minimum absolute atomic E-state index is 0.413. The average Bonchev–Trinajstić information content (AvgIpc) is 3.25. The molecule has 1 aliphatic heterocycles. The van der Waals surface area contributed by atoms with Crippen molar-refractivity contribution in [3.63, 3.8) is 0 Å². The third-order valence-electron chi connectivity index (χ3n) is 4.47. The summed E-state index contributed by atoms with van der Waals surface area (Å²) < 4.78 is 7.56. The monoisotopic (exact) mass is 348 g/mol. The summed E-state index contributed by atoms with van der Waals surface area (Å²) in [7, 11) is 2.19. The first-order valence-electron chi connectivity index (χ1n) is 8.71.